The lowest BCUT2D eigenvalue weighted by Crippen LogP contribution is -2.50. The van der Waals surface area contributed by atoms with E-state index >= 15 is 0 Å². The molecule has 1 N–H and O–H groups in total. The first kappa shape index (κ1) is 44.4. The van der Waals surface area contributed by atoms with Crippen LogP contribution in [0.2, 0.25) is 5.02 Å². The van der Waals surface area contributed by atoms with Crippen LogP contribution in [-0.2, 0) is 16.0 Å². The van der Waals surface area contributed by atoms with Crippen LogP contribution in [-0.4, -0.2) is 62.4 Å². The van der Waals surface area contributed by atoms with Crippen LogP contribution in [0.25, 0.3) is 5.57 Å². The first-order chi connectivity index (χ1) is 24.2. The Balaban J connectivity index is 0.000000347. The highest BCUT2D eigenvalue weighted by Crippen LogP contribution is 2.44. The molecule has 0 unspecified atom stereocenters. The van der Waals surface area contributed by atoms with Gasteiger partial charge in [-0.05, 0) is 101 Å². The van der Waals surface area contributed by atoms with Gasteiger partial charge in [0, 0.05) is 23.3 Å². The van der Waals surface area contributed by atoms with Gasteiger partial charge in [-0.25, -0.2) is 0 Å². The summed E-state index contributed by atoms with van der Waals surface area (Å²) in [5, 5.41) is 16.7. The van der Waals surface area contributed by atoms with E-state index in [1.807, 2.05) is 6.92 Å². The van der Waals surface area contributed by atoms with Gasteiger partial charge in [-0.2, -0.15) is 0 Å². The van der Waals surface area contributed by atoms with Crippen LogP contribution >= 0.6 is 11.6 Å². The predicted octanol–water partition coefficient (Wildman–Crippen LogP) is 10.6. The molecule has 3 rings (SSSR count). The summed E-state index contributed by atoms with van der Waals surface area (Å²) >= 11 is 6.14. The number of nitrogens with zero attached hydrogens (tertiary/aromatic N) is 1. The van der Waals surface area contributed by atoms with Crippen LogP contribution in [0.5, 0.6) is 5.75 Å². The summed E-state index contributed by atoms with van der Waals surface area (Å²) in [6, 6.07) is 3.44. The van der Waals surface area contributed by atoms with E-state index in [4.69, 9.17) is 21.1 Å². The summed E-state index contributed by atoms with van der Waals surface area (Å²) in [5.74, 6) is 0.00374. The minimum absolute atomic E-state index is 0.137. The highest BCUT2D eigenvalue weighted by molar-refractivity contribution is 6.31. The SMILES string of the molecule is CCCCCC[N+](CCCCCC)(CCCCCC)CCCCCC.CCc1cc(Cl)cc(OC)c1C1=C([O-])C2(CCC(OC)CC2)NC1=O. The number of ether oxygens (including phenoxy) is 2. The molecule has 0 atom stereocenters. The highest BCUT2D eigenvalue weighted by atomic mass is 35.5. The Morgan fingerprint density at radius 2 is 1.22 bits per heavy atom. The molecule has 0 aromatic heterocycles. The number of rotatable bonds is 24. The second kappa shape index (κ2) is 24.5. The standard InChI is InChI=1S/C24H52N.C19H24ClNO4/c1-5-9-13-17-21-25(22-18-14-10-6-2,23-19-15-11-7-3)24-20-16-12-8-4;1-4-11-9-12(20)10-14(25-3)15(11)16-17(22)19(21-18(16)23)7-5-13(24-2)6-8-19/h5-24H2,1-4H3;9-10,13,22H,4-8H2,1-3H3,(H,21,23)/q+1;/p-1. The molecule has 1 heterocycles. The number of carbonyl (C=O) groups is 1. The number of quaternary nitrogens is 1. The monoisotopic (exact) mass is 719 g/mol. The van der Waals surface area contributed by atoms with Crippen molar-refractivity contribution in [2.45, 2.75) is 181 Å². The predicted molar refractivity (Wildman–Crippen MR) is 211 cm³/mol. The normalized spacial score (nSPS) is 19.1. The molecule has 2 aliphatic rings. The summed E-state index contributed by atoms with van der Waals surface area (Å²) in [6.45, 7) is 17.2. The molecule has 6 nitrogen and oxygen atoms in total. The van der Waals surface area contributed by atoms with Crippen LogP contribution in [0, 0.1) is 0 Å². The number of nitrogens with one attached hydrogen (secondary N) is 1. The number of carbonyl (C=O) groups excluding carboxylic acids is 1. The minimum Gasteiger partial charge on any atom is -0.873 e. The van der Waals surface area contributed by atoms with Crippen LogP contribution in [0.1, 0.15) is 174 Å². The van der Waals surface area contributed by atoms with Gasteiger partial charge in [-0.3, -0.25) is 4.79 Å². The van der Waals surface area contributed by atoms with Gasteiger partial charge >= 0.3 is 0 Å². The van der Waals surface area contributed by atoms with Gasteiger partial charge in [0.2, 0.25) is 0 Å². The fourth-order valence-corrected chi connectivity index (χ4v) is 8.34. The zero-order valence-corrected chi connectivity index (χ0v) is 34.1. The number of halogens is 1. The van der Waals surface area contributed by atoms with Crippen molar-refractivity contribution in [1.82, 2.24) is 5.32 Å². The number of benzene rings is 1. The fourth-order valence-electron chi connectivity index (χ4n) is 8.10. The smallest absolute Gasteiger partial charge is 0.251 e. The van der Waals surface area contributed by atoms with E-state index < -0.39 is 5.54 Å². The molecular formula is C43H75ClN2O4. The van der Waals surface area contributed by atoms with Crippen LogP contribution in [0.4, 0.5) is 0 Å². The molecule has 0 radical (unpaired) electrons. The topological polar surface area (TPSA) is 70.6 Å². The van der Waals surface area contributed by atoms with Crippen LogP contribution in [0.15, 0.2) is 17.9 Å². The van der Waals surface area contributed by atoms with Crippen molar-refractivity contribution in [2.75, 3.05) is 40.4 Å². The Hall–Kier alpha value is -1.76. The Kier molecular flexibility index (Phi) is 21.7. The van der Waals surface area contributed by atoms with Gasteiger partial charge in [0.25, 0.3) is 5.91 Å². The van der Waals surface area contributed by atoms with E-state index in [1.54, 1.807) is 19.2 Å². The maximum atomic E-state index is 13.3. The van der Waals surface area contributed by atoms with E-state index in [0.29, 0.717) is 35.6 Å². The number of hydrogen-bond acceptors (Lipinski definition) is 4. The molecule has 288 valence electrons. The second-order valence-electron chi connectivity index (χ2n) is 15.1. The molecule has 1 aliphatic carbocycles. The second-order valence-corrected chi connectivity index (χ2v) is 15.6. The van der Waals surface area contributed by atoms with E-state index in [-0.39, 0.29) is 23.3 Å². The Bertz CT molecular complexity index is 1050. The van der Waals surface area contributed by atoms with E-state index in [2.05, 4.69) is 33.0 Å². The lowest BCUT2D eigenvalue weighted by Gasteiger charge is -2.41. The molecule has 50 heavy (non-hydrogen) atoms. The van der Waals surface area contributed by atoms with Crippen molar-refractivity contribution in [1.29, 1.82) is 0 Å². The van der Waals surface area contributed by atoms with Crippen molar-refractivity contribution in [2.24, 2.45) is 0 Å². The third kappa shape index (κ3) is 13.7. The number of amides is 1. The Morgan fingerprint density at radius 1 is 0.760 bits per heavy atom. The first-order valence-electron chi connectivity index (χ1n) is 20.7. The molecule has 1 fully saturated rings. The maximum Gasteiger partial charge on any atom is 0.251 e. The molecule has 1 aromatic carbocycles. The van der Waals surface area contributed by atoms with Crippen molar-refractivity contribution in [3.05, 3.63) is 34.0 Å². The zero-order valence-electron chi connectivity index (χ0n) is 33.4. The molecule has 1 aromatic rings. The van der Waals surface area contributed by atoms with Crippen molar-refractivity contribution in [3.8, 4) is 5.75 Å². The third-order valence-electron chi connectivity index (χ3n) is 11.3. The molecule has 0 bridgehead atoms. The molecule has 1 spiro atoms. The number of methoxy groups -OCH3 is 2. The van der Waals surface area contributed by atoms with E-state index in [9.17, 15) is 9.90 Å². The summed E-state index contributed by atoms with van der Waals surface area (Å²) in [4.78, 5) is 12.7. The first-order valence-corrected chi connectivity index (χ1v) is 21.1. The average molecular weight is 720 g/mol. The van der Waals surface area contributed by atoms with Crippen molar-refractivity contribution >= 4 is 23.1 Å². The third-order valence-corrected chi connectivity index (χ3v) is 11.5. The lowest BCUT2D eigenvalue weighted by atomic mass is 9.79. The summed E-state index contributed by atoms with van der Waals surface area (Å²) in [6.07, 6.45) is 26.3. The molecule has 1 amide bonds. The largest absolute Gasteiger partial charge is 0.873 e. The highest BCUT2D eigenvalue weighted by Gasteiger charge is 2.44. The summed E-state index contributed by atoms with van der Waals surface area (Å²) in [7, 11) is 3.20. The summed E-state index contributed by atoms with van der Waals surface area (Å²) < 4.78 is 12.3. The Morgan fingerprint density at radius 3 is 1.60 bits per heavy atom. The van der Waals surface area contributed by atoms with E-state index in [1.165, 1.54) is 141 Å². The van der Waals surface area contributed by atoms with Gasteiger partial charge in [0.05, 0.1) is 44.9 Å². The molecule has 1 saturated carbocycles. The summed E-state index contributed by atoms with van der Waals surface area (Å²) in [5.41, 5.74) is 0.797. The number of unbranched alkanes of at least 4 members (excludes halogenated alkanes) is 12. The number of hydrogen-bond donors (Lipinski definition) is 1. The molecule has 7 heteroatoms. The Labute approximate surface area is 312 Å². The maximum absolute atomic E-state index is 13.3. The minimum atomic E-state index is -0.808. The lowest BCUT2D eigenvalue weighted by molar-refractivity contribution is -0.929. The van der Waals surface area contributed by atoms with E-state index in [0.717, 1.165) is 18.4 Å². The van der Waals surface area contributed by atoms with Crippen molar-refractivity contribution in [3.63, 3.8) is 0 Å². The zero-order chi connectivity index (χ0) is 36.8. The number of aryl methyl sites for hydroxylation is 1. The molecule has 1 aliphatic heterocycles. The fraction of sp³-hybridized carbons (Fsp3) is 0.791. The van der Waals surface area contributed by atoms with Crippen LogP contribution in [0.3, 0.4) is 0 Å². The molecular weight excluding hydrogens is 644 g/mol. The van der Waals surface area contributed by atoms with Crippen LogP contribution < -0.4 is 15.2 Å². The molecule has 0 saturated heterocycles. The average Bonchev–Trinajstić information content (AvgIpc) is 3.36. The quantitative estimate of drug-likeness (QED) is 0.0853. The van der Waals surface area contributed by atoms with Gasteiger partial charge in [0.15, 0.2) is 0 Å². The van der Waals surface area contributed by atoms with Gasteiger partial charge < -0.3 is 24.4 Å². The van der Waals surface area contributed by atoms with Gasteiger partial charge in [-0.1, -0.05) is 103 Å². The van der Waals surface area contributed by atoms with Gasteiger partial charge in [0.1, 0.15) is 5.75 Å². The van der Waals surface area contributed by atoms with Crippen molar-refractivity contribution < 1.29 is 23.9 Å². The van der Waals surface area contributed by atoms with Gasteiger partial charge in [-0.15, -0.1) is 0 Å².